The minimum absolute atomic E-state index is 0.140. The van der Waals surface area contributed by atoms with Gasteiger partial charge in [-0.15, -0.1) is 0 Å². The summed E-state index contributed by atoms with van der Waals surface area (Å²) in [6.45, 7) is 1.38. The average molecular weight is 429 g/mol. The highest BCUT2D eigenvalue weighted by atomic mass is 16.4. The Labute approximate surface area is 188 Å². The van der Waals surface area contributed by atoms with Crippen LogP contribution >= 0.6 is 0 Å². The summed E-state index contributed by atoms with van der Waals surface area (Å²) in [5.74, 6) is -1.08. The molecule has 32 heavy (non-hydrogen) atoms. The predicted octanol–water partition coefficient (Wildman–Crippen LogP) is 4.71. The van der Waals surface area contributed by atoms with Crippen molar-refractivity contribution < 1.29 is 14.7 Å². The van der Waals surface area contributed by atoms with E-state index in [9.17, 15) is 9.59 Å². The van der Waals surface area contributed by atoms with Crippen LogP contribution in [0.2, 0.25) is 0 Å². The van der Waals surface area contributed by atoms with Crippen molar-refractivity contribution >= 4 is 23.3 Å². The molecule has 1 heterocycles. The molecule has 1 aliphatic rings. The number of para-hydroxylation sites is 2. The van der Waals surface area contributed by atoms with Gasteiger partial charge in [-0.25, -0.2) is 0 Å². The summed E-state index contributed by atoms with van der Waals surface area (Å²) in [6.07, 6.45) is 2.67. The van der Waals surface area contributed by atoms with E-state index < -0.39 is 5.97 Å². The van der Waals surface area contributed by atoms with Crippen molar-refractivity contribution in [2.75, 3.05) is 25.0 Å². The van der Waals surface area contributed by atoms with Crippen molar-refractivity contribution in [3.63, 3.8) is 0 Å². The van der Waals surface area contributed by atoms with Crippen LogP contribution in [0.15, 0.2) is 72.8 Å². The number of aliphatic carboxylic acids is 1. The predicted molar refractivity (Wildman–Crippen MR) is 127 cm³/mol. The van der Waals surface area contributed by atoms with Crippen LogP contribution in [0.1, 0.15) is 33.5 Å². The number of fused-ring (bicyclic) bond motifs is 2. The van der Waals surface area contributed by atoms with Gasteiger partial charge in [-0.1, -0.05) is 54.6 Å². The summed E-state index contributed by atoms with van der Waals surface area (Å²) in [6, 6.07) is 24.0. The van der Waals surface area contributed by atoms with Crippen LogP contribution in [0.3, 0.4) is 0 Å². The Kier molecular flexibility index (Phi) is 6.55. The van der Waals surface area contributed by atoms with Crippen LogP contribution in [0, 0.1) is 0 Å². The molecule has 3 aromatic rings. The van der Waals surface area contributed by atoms with Crippen molar-refractivity contribution in [2.24, 2.45) is 0 Å². The number of carbonyl (C=O) groups excluding carboxylic acids is 1. The lowest BCUT2D eigenvalue weighted by Gasteiger charge is -2.28. The lowest BCUT2D eigenvalue weighted by atomic mass is 10.0. The van der Waals surface area contributed by atoms with Crippen LogP contribution < -0.4 is 4.90 Å². The molecule has 0 aliphatic carbocycles. The maximum Gasteiger partial charge on any atom is 0.307 e. The number of rotatable bonds is 7. The van der Waals surface area contributed by atoms with Gasteiger partial charge in [0.15, 0.2) is 0 Å². The zero-order chi connectivity index (χ0) is 22.5. The number of carboxylic acid groups (broad SMARTS) is 1. The molecule has 5 heteroatoms. The van der Waals surface area contributed by atoms with Crippen LogP contribution in [-0.4, -0.2) is 42.0 Å². The van der Waals surface area contributed by atoms with Gasteiger partial charge in [0, 0.05) is 37.1 Å². The Morgan fingerprint density at radius 1 is 0.875 bits per heavy atom. The third-order valence-corrected chi connectivity index (χ3v) is 6.04. The van der Waals surface area contributed by atoms with Gasteiger partial charge in [-0.2, -0.15) is 0 Å². The van der Waals surface area contributed by atoms with Crippen LogP contribution in [0.4, 0.5) is 11.4 Å². The summed E-state index contributed by atoms with van der Waals surface area (Å²) in [5, 5.41) is 9.15. The highest BCUT2D eigenvalue weighted by Gasteiger charge is 2.21. The Balaban J connectivity index is 1.48. The van der Waals surface area contributed by atoms with Gasteiger partial charge in [-0.3, -0.25) is 9.59 Å². The van der Waals surface area contributed by atoms with Crippen molar-refractivity contribution in [3.8, 4) is 0 Å². The number of hydrogen-bond acceptors (Lipinski definition) is 3. The highest BCUT2D eigenvalue weighted by molar-refractivity contribution is 5.96. The van der Waals surface area contributed by atoms with E-state index in [1.165, 1.54) is 22.5 Å². The molecule has 0 radical (unpaired) electrons. The number of carbonyl (C=O) groups is 2. The average Bonchev–Trinajstić information content (AvgIpc) is 2.96. The van der Waals surface area contributed by atoms with Crippen molar-refractivity contribution in [2.45, 2.75) is 25.7 Å². The first-order valence-electron chi connectivity index (χ1n) is 11.0. The molecule has 4 rings (SSSR count). The fraction of sp³-hybridized carbons (Fsp3) is 0.259. The minimum atomic E-state index is -0.939. The Bertz CT molecular complexity index is 1080. The fourth-order valence-electron chi connectivity index (χ4n) is 4.43. The normalized spacial score (nSPS) is 12.5. The number of benzene rings is 3. The maximum absolute atomic E-state index is 13.0. The molecule has 0 aromatic heterocycles. The SMILES string of the molecule is CN(CCCN1c2ccccc2CCc2ccccc21)C(=O)c1ccccc1CC(=O)O. The largest absolute Gasteiger partial charge is 0.481 e. The van der Waals surface area contributed by atoms with Crippen LogP contribution in [-0.2, 0) is 24.1 Å². The number of amides is 1. The lowest BCUT2D eigenvalue weighted by Crippen LogP contribution is -2.31. The number of nitrogens with zero attached hydrogens (tertiary/aromatic N) is 2. The Morgan fingerprint density at radius 3 is 2.06 bits per heavy atom. The molecule has 1 N–H and O–H groups in total. The molecule has 1 amide bonds. The molecule has 0 unspecified atom stereocenters. The fourth-order valence-corrected chi connectivity index (χ4v) is 4.43. The molecule has 0 saturated carbocycles. The maximum atomic E-state index is 13.0. The number of carboxylic acids is 1. The van der Waals surface area contributed by atoms with Crippen LogP contribution in [0.5, 0.6) is 0 Å². The second kappa shape index (κ2) is 9.69. The third-order valence-electron chi connectivity index (χ3n) is 6.04. The van der Waals surface area contributed by atoms with Gasteiger partial charge in [0.05, 0.1) is 6.42 Å². The van der Waals surface area contributed by atoms with Crippen molar-refractivity contribution in [1.29, 1.82) is 0 Å². The molecule has 5 nitrogen and oxygen atoms in total. The van der Waals surface area contributed by atoms with E-state index in [1.807, 2.05) is 0 Å². The summed E-state index contributed by atoms with van der Waals surface area (Å²) in [7, 11) is 1.78. The summed E-state index contributed by atoms with van der Waals surface area (Å²) in [4.78, 5) is 28.2. The zero-order valence-corrected chi connectivity index (χ0v) is 18.3. The monoisotopic (exact) mass is 428 g/mol. The molecule has 3 aromatic carbocycles. The second-order valence-corrected chi connectivity index (χ2v) is 8.22. The summed E-state index contributed by atoms with van der Waals surface area (Å²) >= 11 is 0. The van der Waals surface area contributed by atoms with E-state index in [0.717, 1.165) is 25.8 Å². The van der Waals surface area contributed by atoms with Gasteiger partial charge < -0.3 is 14.9 Å². The van der Waals surface area contributed by atoms with Gasteiger partial charge >= 0.3 is 5.97 Å². The van der Waals surface area contributed by atoms with E-state index >= 15 is 0 Å². The summed E-state index contributed by atoms with van der Waals surface area (Å²) in [5.41, 5.74) is 6.16. The smallest absolute Gasteiger partial charge is 0.307 e. The third kappa shape index (κ3) is 4.67. The number of hydrogen-bond donors (Lipinski definition) is 1. The van der Waals surface area contributed by atoms with Crippen molar-refractivity contribution in [3.05, 3.63) is 95.1 Å². The van der Waals surface area contributed by atoms with E-state index in [1.54, 1.807) is 36.2 Å². The van der Waals surface area contributed by atoms with Crippen molar-refractivity contribution in [1.82, 2.24) is 4.90 Å². The first kappa shape index (κ1) is 21.6. The molecule has 164 valence electrons. The standard InChI is InChI=1S/C27H28N2O3/c1-28(27(32)23-12-5-2-11-22(23)19-26(30)31)17-8-18-29-24-13-6-3-9-20(24)15-16-21-10-4-7-14-25(21)29/h2-7,9-14H,8,15-19H2,1H3,(H,30,31). The van der Waals surface area contributed by atoms with Gasteiger partial charge in [0.1, 0.15) is 0 Å². The molecular formula is C27H28N2O3. The highest BCUT2D eigenvalue weighted by Crippen LogP contribution is 2.35. The molecule has 0 saturated heterocycles. The van der Waals surface area contributed by atoms with Gasteiger partial charge in [-0.05, 0) is 54.2 Å². The van der Waals surface area contributed by atoms with E-state index in [4.69, 9.17) is 5.11 Å². The van der Waals surface area contributed by atoms with Crippen LogP contribution in [0.25, 0.3) is 0 Å². The van der Waals surface area contributed by atoms with E-state index in [0.29, 0.717) is 17.7 Å². The molecule has 0 fully saturated rings. The number of anilines is 2. The Hall–Kier alpha value is -3.60. The zero-order valence-electron chi connectivity index (χ0n) is 18.3. The molecular weight excluding hydrogens is 400 g/mol. The quantitative estimate of drug-likeness (QED) is 0.592. The number of aryl methyl sites for hydroxylation is 2. The summed E-state index contributed by atoms with van der Waals surface area (Å²) < 4.78 is 0. The van der Waals surface area contributed by atoms with E-state index in [-0.39, 0.29) is 12.3 Å². The van der Waals surface area contributed by atoms with Gasteiger partial charge in [0.2, 0.25) is 0 Å². The first-order chi connectivity index (χ1) is 15.5. The van der Waals surface area contributed by atoms with E-state index in [2.05, 4.69) is 53.4 Å². The Morgan fingerprint density at radius 2 is 1.44 bits per heavy atom. The molecule has 0 spiro atoms. The lowest BCUT2D eigenvalue weighted by molar-refractivity contribution is -0.136. The molecule has 0 atom stereocenters. The second-order valence-electron chi connectivity index (χ2n) is 8.22. The van der Waals surface area contributed by atoms with Gasteiger partial charge in [0.25, 0.3) is 5.91 Å². The molecule has 0 bridgehead atoms. The molecule has 1 aliphatic heterocycles. The minimum Gasteiger partial charge on any atom is -0.481 e. The first-order valence-corrected chi connectivity index (χ1v) is 11.0. The topological polar surface area (TPSA) is 60.9 Å².